The SMILES string of the molecule is C=C1OCc2c(cc3n(c2=O)Cc2cc4c(NC(C)C)c(OC(=O)OP(=O)(O)O)c(F)cc4nc2-3)[C@@]1(O)CC. The molecule has 39 heavy (non-hydrogen) atoms. The van der Waals surface area contributed by atoms with Gasteiger partial charge in [0.2, 0.25) is 0 Å². The summed E-state index contributed by atoms with van der Waals surface area (Å²) in [5, 5.41) is 14.6. The number of nitrogens with one attached hydrogen (secondary N) is 1. The fourth-order valence-corrected chi connectivity index (χ4v) is 5.15. The van der Waals surface area contributed by atoms with Crippen molar-refractivity contribution in [1.29, 1.82) is 0 Å². The van der Waals surface area contributed by atoms with E-state index in [0.29, 0.717) is 33.5 Å². The molecular formula is C25H25FN3O9P. The number of benzene rings is 1. The summed E-state index contributed by atoms with van der Waals surface area (Å²) < 4.78 is 42.0. The number of phosphoric ester groups is 1. The second kappa shape index (κ2) is 9.16. The Hall–Kier alpha value is -3.77. The monoisotopic (exact) mass is 561 g/mol. The Morgan fingerprint density at radius 1 is 1.36 bits per heavy atom. The van der Waals surface area contributed by atoms with E-state index in [9.17, 15) is 19.3 Å². The second-order valence-corrected chi connectivity index (χ2v) is 10.8. The van der Waals surface area contributed by atoms with Gasteiger partial charge in [-0.25, -0.2) is 18.7 Å². The Morgan fingerprint density at radius 2 is 2.08 bits per heavy atom. The molecule has 0 bridgehead atoms. The maximum Gasteiger partial charge on any atom is 0.529 e. The number of aliphatic hydroxyl groups is 1. The number of carbonyl (C=O) groups excluding carboxylic acids is 1. The number of carbonyl (C=O) groups is 1. The lowest BCUT2D eigenvalue weighted by Gasteiger charge is -2.35. The van der Waals surface area contributed by atoms with Gasteiger partial charge in [0.25, 0.3) is 5.56 Å². The van der Waals surface area contributed by atoms with E-state index in [1.165, 1.54) is 4.57 Å². The molecule has 3 aromatic rings. The van der Waals surface area contributed by atoms with Crippen LogP contribution in [-0.4, -0.2) is 36.6 Å². The molecule has 12 nitrogen and oxygen atoms in total. The average molecular weight is 561 g/mol. The third-order valence-electron chi connectivity index (χ3n) is 6.70. The molecule has 0 fully saturated rings. The predicted molar refractivity (Wildman–Crippen MR) is 137 cm³/mol. The Kier molecular flexibility index (Phi) is 6.30. The maximum absolute atomic E-state index is 15.2. The molecule has 0 aliphatic carbocycles. The summed E-state index contributed by atoms with van der Waals surface area (Å²) >= 11 is 0. The van der Waals surface area contributed by atoms with E-state index in [1.54, 1.807) is 32.9 Å². The van der Waals surface area contributed by atoms with Crippen molar-refractivity contribution in [3.63, 3.8) is 0 Å². The van der Waals surface area contributed by atoms with E-state index in [0.717, 1.165) is 6.07 Å². The van der Waals surface area contributed by atoms with Crippen LogP contribution >= 0.6 is 7.82 Å². The van der Waals surface area contributed by atoms with E-state index in [4.69, 9.17) is 19.3 Å². The molecule has 4 N–H and O–H groups in total. The van der Waals surface area contributed by atoms with Crippen molar-refractivity contribution in [2.75, 3.05) is 5.32 Å². The van der Waals surface area contributed by atoms with Crippen LogP contribution in [0.3, 0.4) is 0 Å². The van der Waals surface area contributed by atoms with Crippen LogP contribution in [-0.2, 0) is 32.6 Å². The zero-order valence-corrected chi connectivity index (χ0v) is 22.0. The van der Waals surface area contributed by atoms with Crippen LogP contribution in [0.4, 0.5) is 14.9 Å². The number of fused-ring (bicyclic) bond motifs is 5. The summed E-state index contributed by atoms with van der Waals surface area (Å²) in [4.78, 5) is 47.8. The minimum Gasteiger partial charge on any atom is -0.490 e. The summed E-state index contributed by atoms with van der Waals surface area (Å²) in [5.41, 5.74) is 0.366. The molecule has 0 saturated heterocycles. The third-order valence-corrected chi connectivity index (χ3v) is 7.09. The van der Waals surface area contributed by atoms with Gasteiger partial charge < -0.3 is 29.0 Å². The minimum absolute atomic E-state index is 0.00520. The maximum atomic E-state index is 15.2. The molecule has 0 spiro atoms. The number of anilines is 1. The van der Waals surface area contributed by atoms with Gasteiger partial charge in [-0.3, -0.25) is 14.6 Å². The lowest BCUT2D eigenvalue weighted by atomic mass is 9.84. The highest BCUT2D eigenvalue weighted by atomic mass is 31.2. The summed E-state index contributed by atoms with van der Waals surface area (Å²) in [6.45, 7) is 9.13. The Bertz CT molecular complexity index is 1680. The van der Waals surface area contributed by atoms with Crippen molar-refractivity contribution < 1.29 is 42.6 Å². The summed E-state index contributed by atoms with van der Waals surface area (Å²) in [6.07, 6.45) is -1.57. The minimum atomic E-state index is -5.23. The van der Waals surface area contributed by atoms with Crippen LogP contribution < -0.4 is 15.6 Å². The van der Waals surface area contributed by atoms with Gasteiger partial charge in [-0.1, -0.05) is 13.5 Å². The molecule has 1 atom stereocenters. The fraction of sp³-hybridized carbons (Fsp3) is 0.320. The first-order valence-corrected chi connectivity index (χ1v) is 13.5. The summed E-state index contributed by atoms with van der Waals surface area (Å²) in [6, 6.07) is 4.06. The second-order valence-electron chi connectivity index (χ2n) is 9.60. The molecule has 14 heteroatoms. The zero-order valence-electron chi connectivity index (χ0n) is 21.1. The summed E-state index contributed by atoms with van der Waals surface area (Å²) in [5.74, 6) is -1.54. The molecule has 0 radical (unpaired) electrons. The smallest absolute Gasteiger partial charge is 0.490 e. The normalized spacial score (nSPS) is 17.9. The molecule has 0 saturated carbocycles. The van der Waals surface area contributed by atoms with Gasteiger partial charge in [-0.15, -0.1) is 0 Å². The van der Waals surface area contributed by atoms with E-state index in [2.05, 4.69) is 21.4 Å². The number of phosphoric acid groups is 1. The Morgan fingerprint density at radius 3 is 2.72 bits per heavy atom. The molecule has 1 aromatic carbocycles. The topological polar surface area (TPSA) is 169 Å². The van der Waals surface area contributed by atoms with Gasteiger partial charge in [0, 0.05) is 28.6 Å². The van der Waals surface area contributed by atoms with E-state index in [-0.39, 0.29) is 48.1 Å². The highest BCUT2D eigenvalue weighted by Gasteiger charge is 2.41. The van der Waals surface area contributed by atoms with Crippen LogP contribution in [0.1, 0.15) is 43.9 Å². The standard InChI is InChI=1S/C25H25FN3O9P/c1-5-25(32)12(4)36-10-15-16(25)7-19-20-13(9-29(19)23(15)30)6-14-18(28-20)8-17(26)22(21(14)27-11(2)3)37-24(31)38-39(33,34)35/h6-8,11,27,32H,4-5,9-10H2,1-3H3,(H2,33,34,35)/t25-/m1/s1. The first kappa shape index (κ1) is 26.8. The predicted octanol–water partition coefficient (Wildman–Crippen LogP) is 3.63. The molecule has 5 rings (SSSR count). The largest absolute Gasteiger partial charge is 0.529 e. The van der Waals surface area contributed by atoms with Crippen LogP contribution in [0.25, 0.3) is 22.3 Å². The van der Waals surface area contributed by atoms with Gasteiger partial charge in [-0.05, 0) is 32.4 Å². The van der Waals surface area contributed by atoms with Crippen molar-refractivity contribution in [3.05, 3.63) is 63.4 Å². The van der Waals surface area contributed by atoms with Crippen molar-refractivity contribution in [2.45, 2.75) is 52.0 Å². The lowest BCUT2D eigenvalue weighted by Crippen LogP contribution is -2.38. The number of ether oxygens (including phenoxy) is 2. The highest BCUT2D eigenvalue weighted by molar-refractivity contribution is 7.46. The molecule has 2 aromatic heterocycles. The number of pyridine rings is 2. The third kappa shape index (κ3) is 4.47. The number of rotatable bonds is 5. The number of halogens is 1. The van der Waals surface area contributed by atoms with Crippen molar-refractivity contribution >= 4 is 30.6 Å². The average Bonchev–Trinajstić information content (AvgIpc) is 3.19. The molecule has 206 valence electrons. The number of aromatic nitrogens is 2. The first-order chi connectivity index (χ1) is 18.2. The molecule has 4 heterocycles. The van der Waals surface area contributed by atoms with Gasteiger partial charge in [0.15, 0.2) is 11.6 Å². The van der Waals surface area contributed by atoms with Gasteiger partial charge in [0.05, 0.1) is 34.7 Å². The Balaban J connectivity index is 1.69. The van der Waals surface area contributed by atoms with Gasteiger partial charge in [-0.2, -0.15) is 0 Å². The van der Waals surface area contributed by atoms with Crippen molar-refractivity contribution in [3.8, 4) is 17.1 Å². The van der Waals surface area contributed by atoms with E-state index in [1.807, 2.05) is 0 Å². The van der Waals surface area contributed by atoms with Gasteiger partial charge in [0.1, 0.15) is 18.0 Å². The molecule has 0 unspecified atom stereocenters. The molecule has 0 amide bonds. The van der Waals surface area contributed by atoms with Crippen LogP contribution in [0.5, 0.6) is 5.75 Å². The number of hydrogen-bond acceptors (Lipinski definition) is 9. The lowest BCUT2D eigenvalue weighted by molar-refractivity contribution is -0.0172. The van der Waals surface area contributed by atoms with Crippen LogP contribution in [0.15, 0.2) is 35.3 Å². The highest BCUT2D eigenvalue weighted by Crippen LogP contribution is 2.44. The van der Waals surface area contributed by atoms with Gasteiger partial charge >= 0.3 is 14.0 Å². The molecule has 2 aliphatic rings. The zero-order chi connectivity index (χ0) is 28.4. The van der Waals surface area contributed by atoms with Crippen molar-refractivity contribution in [2.24, 2.45) is 0 Å². The van der Waals surface area contributed by atoms with E-state index < -0.39 is 31.1 Å². The number of nitrogens with zero attached hydrogens (tertiary/aromatic N) is 2. The molecule has 2 aliphatic heterocycles. The van der Waals surface area contributed by atoms with Crippen LogP contribution in [0, 0.1) is 5.82 Å². The van der Waals surface area contributed by atoms with Crippen LogP contribution in [0.2, 0.25) is 0 Å². The first-order valence-electron chi connectivity index (χ1n) is 11.9. The van der Waals surface area contributed by atoms with Crippen molar-refractivity contribution in [1.82, 2.24) is 9.55 Å². The summed E-state index contributed by atoms with van der Waals surface area (Å²) in [7, 11) is -5.23. The Labute approximate surface area is 220 Å². The number of hydrogen-bond donors (Lipinski definition) is 4. The molecular weight excluding hydrogens is 536 g/mol. The van der Waals surface area contributed by atoms with E-state index >= 15 is 4.39 Å². The quantitative estimate of drug-likeness (QED) is 0.159. The fourth-order valence-electron chi connectivity index (χ4n) is 4.92.